The van der Waals surface area contributed by atoms with Crippen LogP contribution in [0.1, 0.15) is 50.3 Å². The third-order valence-corrected chi connectivity index (χ3v) is 8.61. The fraction of sp³-hybridized carbons (Fsp3) is 0.467. The molecule has 38 heavy (non-hydrogen) atoms. The van der Waals surface area contributed by atoms with Gasteiger partial charge in [0.05, 0.1) is 12.6 Å². The van der Waals surface area contributed by atoms with Gasteiger partial charge in [-0.3, -0.25) is 9.78 Å². The summed E-state index contributed by atoms with van der Waals surface area (Å²) in [6.45, 7) is 2.74. The Balaban J connectivity index is 1.31. The number of thioether (sulfide) groups is 1. The van der Waals surface area contributed by atoms with Crippen molar-refractivity contribution in [2.75, 3.05) is 32.5 Å². The number of carboxylic acid groups (broad SMARTS) is 1. The highest BCUT2D eigenvalue weighted by molar-refractivity contribution is 7.99. The molecule has 8 heteroatoms. The number of fused-ring (bicyclic) bond motifs is 1. The lowest BCUT2D eigenvalue weighted by molar-refractivity contribution is -0.137. The van der Waals surface area contributed by atoms with E-state index in [4.69, 9.17) is 4.74 Å². The number of carbonyl (C=O) groups is 1. The minimum absolute atomic E-state index is 0.142. The molecule has 0 unspecified atom stereocenters. The summed E-state index contributed by atoms with van der Waals surface area (Å²) in [4.78, 5) is 19.2. The number of methoxy groups -OCH3 is 1. The molecule has 204 valence electrons. The normalized spacial score (nSPS) is 18.9. The van der Waals surface area contributed by atoms with Crippen LogP contribution in [0.5, 0.6) is 5.75 Å². The molecule has 2 heterocycles. The Morgan fingerprint density at radius 1 is 1.18 bits per heavy atom. The van der Waals surface area contributed by atoms with E-state index in [9.17, 15) is 14.3 Å². The predicted molar refractivity (Wildman–Crippen MR) is 148 cm³/mol. The van der Waals surface area contributed by atoms with E-state index >= 15 is 4.39 Å². The smallest absolute Gasteiger partial charge is 0.303 e. The summed E-state index contributed by atoms with van der Waals surface area (Å²) >= 11 is 1.72. The number of piperidine rings is 1. The zero-order valence-corrected chi connectivity index (χ0v) is 22.6. The summed E-state index contributed by atoms with van der Waals surface area (Å²) in [5.41, 5.74) is 1.38. The van der Waals surface area contributed by atoms with Crippen molar-refractivity contribution >= 4 is 28.6 Å². The van der Waals surface area contributed by atoms with E-state index < -0.39 is 12.1 Å². The molecule has 3 aromatic rings. The number of likely N-dealkylation sites (tertiary alicyclic amines) is 1. The minimum atomic E-state index is -1.12. The second-order valence-electron chi connectivity index (χ2n) is 10.0. The molecule has 1 N–H and O–H groups in total. The topological polar surface area (TPSA) is 62.7 Å². The summed E-state index contributed by atoms with van der Waals surface area (Å²) < 4.78 is 34.0. The average molecular weight is 543 g/mol. The lowest BCUT2D eigenvalue weighted by Crippen LogP contribution is -2.41. The highest BCUT2D eigenvalue weighted by atomic mass is 32.2. The van der Waals surface area contributed by atoms with E-state index in [1.807, 2.05) is 18.2 Å². The number of aliphatic carboxylic acids is 1. The quantitative estimate of drug-likeness (QED) is 0.183. The Bertz CT molecular complexity index is 1190. The van der Waals surface area contributed by atoms with Gasteiger partial charge in [0, 0.05) is 29.4 Å². The first kappa shape index (κ1) is 28.3. The van der Waals surface area contributed by atoms with Crippen LogP contribution in [0.2, 0.25) is 0 Å². The van der Waals surface area contributed by atoms with Crippen LogP contribution >= 0.6 is 11.8 Å². The molecule has 0 amide bonds. The van der Waals surface area contributed by atoms with Gasteiger partial charge in [0.2, 0.25) is 0 Å². The van der Waals surface area contributed by atoms with Crippen molar-refractivity contribution in [1.82, 2.24) is 9.88 Å². The first-order chi connectivity index (χ1) is 18.4. The second-order valence-corrected chi connectivity index (χ2v) is 11.2. The Kier molecular flexibility index (Phi) is 10.4. The van der Waals surface area contributed by atoms with Crippen molar-refractivity contribution in [3.05, 3.63) is 66.1 Å². The van der Waals surface area contributed by atoms with Crippen LogP contribution in [0.3, 0.4) is 0 Å². The molecular formula is C30H36F2N2O3S. The van der Waals surface area contributed by atoms with E-state index in [2.05, 4.69) is 9.88 Å². The molecule has 0 bridgehead atoms. The molecule has 1 aliphatic heterocycles. The van der Waals surface area contributed by atoms with Crippen LogP contribution in [-0.2, 0) is 4.79 Å². The molecule has 0 aliphatic carbocycles. The Hall–Kier alpha value is -2.71. The molecule has 2 aromatic carbocycles. The number of hydrogen-bond donors (Lipinski definition) is 1. The van der Waals surface area contributed by atoms with Gasteiger partial charge in [-0.2, -0.15) is 0 Å². The SMILES string of the molecule is COc1ccc2nccc([C@H](F)CC[C@@H]3CCN(CCCSc4ccc(F)cc4)C[C@H]3CCC(=O)O)c2c1. The van der Waals surface area contributed by atoms with Gasteiger partial charge in [0.15, 0.2) is 0 Å². The van der Waals surface area contributed by atoms with E-state index in [-0.39, 0.29) is 18.2 Å². The van der Waals surface area contributed by atoms with Gasteiger partial charge in [-0.25, -0.2) is 8.78 Å². The second kappa shape index (κ2) is 13.9. The number of aromatic nitrogens is 1. The molecule has 4 rings (SSSR count). The van der Waals surface area contributed by atoms with Gasteiger partial charge in [-0.1, -0.05) is 0 Å². The van der Waals surface area contributed by atoms with Crippen LogP contribution in [0.4, 0.5) is 8.78 Å². The highest BCUT2D eigenvalue weighted by Gasteiger charge is 2.30. The lowest BCUT2D eigenvalue weighted by Gasteiger charge is -2.39. The number of benzene rings is 2. The van der Waals surface area contributed by atoms with E-state index in [0.717, 1.165) is 60.4 Å². The number of alkyl halides is 1. The van der Waals surface area contributed by atoms with E-state index in [1.54, 1.807) is 43.3 Å². The standard InChI is InChI=1S/C30H36F2N2O3S/c1-37-24-7-11-29-27(19-24)26(13-15-33-29)28(32)10-3-21-14-17-34(20-22(21)4-12-30(35)36)16-2-18-38-25-8-5-23(31)6-9-25/h5-9,11,13,15,19,21-22,28H,2-4,10,12,14,16-18,20H2,1H3,(H,35,36)/t21-,22-,28-/m1/s1. The molecule has 0 spiro atoms. The number of nitrogens with zero attached hydrogens (tertiary/aromatic N) is 2. The van der Waals surface area contributed by atoms with Crippen molar-refractivity contribution in [2.45, 2.75) is 49.6 Å². The van der Waals surface area contributed by atoms with Crippen molar-refractivity contribution < 1.29 is 23.4 Å². The fourth-order valence-corrected chi connectivity index (χ4v) is 6.28. The van der Waals surface area contributed by atoms with Gasteiger partial charge in [0.1, 0.15) is 17.7 Å². The predicted octanol–water partition coefficient (Wildman–Crippen LogP) is 7.16. The summed E-state index contributed by atoms with van der Waals surface area (Å²) in [5, 5.41) is 10.1. The average Bonchev–Trinajstić information content (AvgIpc) is 2.93. The molecular weight excluding hydrogens is 506 g/mol. The molecule has 3 atom stereocenters. The van der Waals surface area contributed by atoms with Crippen LogP contribution in [0.25, 0.3) is 10.9 Å². The summed E-state index contributed by atoms with van der Waals surface area (Å²) in [6, 6.07) is 13.8. The Labute approximate surface area is 227 Å². The number of halogens is 2. The molecule has 1 fully saturated rings. The lowest BCUT2D eigenvalue weighted by atomic mass is 9.79. The van der Waals surface area contributed by atoms with Crippen LogP contribution in [-0.4, -0.2) is 53.5 Å². The third kappa shape index (κ3) is 7.90. The van der Waals surface area contributed by atoms with Crippen LogP contribution in [0, 0.1) is 17.7 Å². The molecule has 1 aromatic heterocycles. The highest BCUT2D eigenvalue weighted by Crippen LogP contribution is 2.36. The van der Waals surface area contributed by atoms with Gasteiger partial charge < -0.3 is 14.7 Å². The third-order valence-electron chi connectivity index (χ3n) is 7.52. The van der Waals surface area contributed by atoms with Gasteiger partial charge in [0.25, 0.3) is 0 Å². The molecule has 0 radical (unpaired) electrons. The Morgan fingerprint density at radius 2 is 2.00 bits per heavy atom. The molecule has 1 aliphatic rings. The Morgan fingerprint density at radius 3 is 2.76 bits per heavy atom. The zero-order valence-electron chi connectivity index (χ0n) is 21.8. The summed E-state index contributed by atoms with van der Waals surface area (Å²) in [7, 11) is 1.60. The molecule has 1 saturated heterocycles. The number of ether oxygens (including phenoxy) is 1. The van der Waals surface area contributed by atoms with Crippen LogP contribution < -0.4 is 4.74 Å². The zero-order chi connectivity index (χ0) is 26.9. The van der Waals surface area contributed by atoms with Crippen molar-refractivity contribution in [1.29, 1.82) is 0 Å². The maximum Gasteiger partial charge on any atom is 0.303 e. The van der Waals surface area contributed by atoms with Gasteiger partial charge >= 0.3 is 5.97 Å². The molecule has 5 nitrogen and oxygen atoms in total. The van der Waals surface area contributed by atoms with Crippen molar-refractivity contribution in [2.24, 2.45) is 11.8 Å². The number of hydrogen-bond acceptors (Lipinski definition) is 5. The maximum atomic E-state index is 15.5. The summed E-state index contributed by atoms with van der Waals surface area (Å²) in [5.74, 6) is 1.16. The van der Waals surface area contributed by atoms with E-state index in [0.29, 0.717) is 30.1 Å². The first-order valence-electron chi connectivity index (χ1n) is 13.3. The summed E-state index contributed by atoms with van der Waals surface area (Å²) in [6.07, 6.45) is 4.38. The largest absolute Gasteiger partial charge is 0.497 e. The number of pyridine rings is 1. The van der Waals surface area contributed by atoms with Crippen molar-refractivity contribution in [3.63, 3.8) is 0 Å². The minimum Gasteiger partial charge on any atom is -0.497 e. The van der Waals surface area contributed by atoms with Crippen molar-refractivity contribution in [3.8, 4) is 5.75 Å². The maximum absolute atomic E-state index is 15.5. The van der Waals surface area contributed by atoms with Gasteiger partial charge in [-0.15, -0.1) is 11.8 Å². The number of rotatable bonds is 13. The number of carboxylic acids is 1. The first-order valence-corrected chi connectivity index (χ1v) is 14.3. The van der Waals surface area contributed by atoms with E-state index in [1.165, 1.54) is 12.1 Å². The fourth-order valence-electron chi connectivity index (χ4n) is 5.45. The molecule has 0 saturated carbocycles. The van der Waals surface area contributed by atoms with Crippen LogP contribution in [0.15, 0.2) is 59.6 Å². The monoisotopic (exact) mass is 542 g/mol. The van der Waals surface area contributed by atoms with Gasteiger partial charge in [-0.05, 0) is 117 Å².